The molecule has 3 aromatic rings. The van der Waals surface area contributed by atoms with Crippen LogP contribution < -0.4 is 10.1 Å². The van der Waals surface area contributed by atoms with Gasteiger partial charge in [-0.25, -0.2) is 4.98 Å². The number of benzene rings is 2. The highest BCUT2D eigenvalue weighted by Gasteiger charge is 2.13. The van der Waals surface area contributed by atoms with Crippen molar-refractivity contribution in [1.29, 1.82) is 0 Å². The number of nitrogens with zero attached hydrogens (tertiary/aromatic N) is 2. The molecule has 1 heterocycles. The summed E-state index contributed by atoms with van der Waals surface area (Å²) >= 11 is 0. The summed E-state index contributed by atoms with van der Waals surface area (Å²) in [7, 11) is 0. The second-order valence-corrected chi connectivity index (χ2v) is 5.30. The third kappa shape index (κ3) is 3.63. The van der Waals surface area contributed by atoms with Gasteiger partial charge in [0.15, 0.2) is 0 Å². The number of hydrogen-bond donors (Lipinski definition) is 1. The average molecular weight is 321 g/mol. The molecule has 0 unspecified atom stereocenters. The van der Waals surface area contributed by atoms with Crippen molar-refractivity contribution >= 4 is 16.9 Å². The second-order valence-electron chi connectivity index (χ2n) is 5.30. The van der Waals surface area contributed by atoms with Gasteiger partial charge in [0.05, 0.1) is 11.0 Å². The first kappa shape index (κ1) is 15.8. The van der Waals surface area contributed by atoms with E-state index >= 15 is 0 Å². The molecule has 0 aliphatic heterocycles. The van der Waals surface area contributed by atoms with Crippen LogP contribution in [0, 0.1) is 0 Å². The van der Waals surface area contributed by atoms with Gasteiger partial charge in [0.2, 0.25) is 5.91 Å². The second kappa shape index (κ2) is 7.46. The summed E-state index contributed by atoms with van der Waals surface area (Å²) in [5, 5.41) is 2.79. The third-order valence-corrected chi connectivity index (χ3v) is 3.59. The van der Waals surface area contributed by atoms with Crippen LogP contribution in [0.3, 0.4) is 0 Å². The number of amides is 1. The number of rotatable bonds is 7. The van der Waals surface area contributed by atoms with Gasteiger partial charge < -0.3 is 14.6 Å². The van der Waals surface area contributed by atoms with Crippen LogP contribution in [0.5, 0.6) is 5.75 Å². The van der Waals surface area contributed by atoms with Crippen molar-refractivity contribution < 1.29 is 9.53 Å². The van der Waals surface area contributed by atoms with Crippen LogP contribution in [0.2, 0.25) is 0 Å². The minimum atomic E-state index is -0.0842. The fraction of sp³-hybridized carbons (Fsp3) is 0.158. The Morgan fingerprint density at radius 2 is 1.92 bits per heavy atom. The van der Waals surface area contributed by atoms with Crippen LogP contribution in [0.4, 0.5) is 0 Å². The van der Waals surface area contributed by atoms with Gasteiger partial charge in [0, 0.05) is 6.54 Å². The summed E-state index contributed by atoms with van der Waals surface area (Å²) in [6.45, 7) is 4.55. The van der Waals surface area contributed by atoms with Gasteiger partial charge in [-0.1, -0.05) is 36.4 Å². The Morgan fingerprint density at radius 1 is 1.17 bits per heavy atom. The van der Waals surface area contributed by atoms with Gasteiger partial charge in [-0.3, -0.25) is 4.79 Å². The molecule has 0 bridgehead atoms. The molecule has 0 spiro atoms. The van der Waals surface area contributed by atoms with Crippen molar-refractivity contribution in [2.24, 2.45) is 0 Å². The smallest absolute Gasteiger partial charge is 0.240 e. The monoisotopic (exact) mass is 321 g/mol. The highest BCUT2D eigenvalue weighted by molar-refractivity contribution is 5.81. The summed E-state index contributed by atoms with van der Waals surface area (Å²) in [5.41, 5.74) is 1.76. The summed E-state index contributed by atoms with van der Waals surface area (Å²) in [6.07, 6.45) is 1.66. The molecule has 1 N–H and O–H groups in total. The third-order valence-electron chi connectivity index (χ3n) is 3.59. The molecule has 0 aliphatic rings. The Balaban J connectivity index is 1.84. The summed E-state index contributed by atoms with van der Waals surface area (Å²) in [4.78, 5) is 16.7. The highest BCUT2D eigenvalue weighted by Crippen LogP contribution is 2.18. The standard InChI is InChI=1S/C19H19N3O2/c1-2-12-20-19(23)13-22-17-11-7-6-10-16(17)21-18(22)14-24-15-8-4-3-5-9-15/h2-11H,1,12-14H2,(H,20,23). The molecular formula is C19H19N3O2. The fourth-order valence-electron chi connectivity index (χ4n) is 2.46. The van der Waals surface area contributed by atoms with Crippen LogP contribution in [0.25, 0.3) is 11.0 Å². The Kier molecular flexibility index (Phi) is 4.91. The van der Waals surface area contributed by atoms with E-state index in [1.165, 1.54) is 0 Å². The number of fused-ring (bicyclic) bond motifs is 1. The Bertz CT molecular complexity index is 840. The molecule has 5 nitrogen and oxygen atoms in total. The van der Waals surface area contributed by atoms with E-state index in [1.54, 1.807) is 6.08 Å². The summed E-state index contributed by atoms with van der Waals surface area (Å²) in [6, 6.07) is 17.3. The van der Waals surface area contributed by atoms with E-state index in [-0.39, 0.29) is 12.5 Å². The lowest BCUT2D eigenvalue weighted by Crippen LogP contribution is -2.28. The molecule has 0 aliphatic carbocycles. The topological polar surface area (TPSA) is 56.2 Å². The Labute approximate surface area is 140 Å². The zero-order valence-electron chi connectivity index (χ0n) is 13.3. The van der Waals surface area contributed by atoms with Gasteiger partial charge in [-0.2, -0.15) is 0 Å². The SMILES string of the molecule is C=CCNC(=O)Cn1c(COc2ccccc2)nc2ccccc21. The van der Waals surface area contributed by atoms with E-state index in [0.717, 1.165) is 16.8 Å². The van der Waals surface area contributed by atoms with Gasteiger partial charge in [-0.05, 0) is 24.3 Å². The minimum absolute atomic E-state index is 0.0842. The van der Waals surface area contributed by atoms with Gasteiger partial charge in [0.25, 0.3) is 0 Å². The first-order valence-electron chi connectivity index (χ1n) is 7.77. The summed E-state index contributed by atoms with van der Waals surface area (Å²) in [5.74, 6) is 1.40. The van der Waals surface area contributed by atoms with Crippen molar-refractivity contribution in [3.05, 3.63) is 73.1 Å². The predicted molar refractivity (Wildman–Crippen MR) is 93.7 cm³/mol. The first-order chi connectivity index (χ1) is 11.8. The fourth-order valence-corrected chi connectivity index (χ4v) is 2.46. The Hall–Kier alpha value is -3.08. The highest BCUT2D eigenvalue weighted by atomic mass is 16.5. The van der Waals surface area contributed by atoms with Gasteiger partial charge in [0.1, 0.15) is 24.7 Å². The van der Waals surface area contributed by atoms with Gasteiger partial charge >= 0.3 is 0 Å². The average Bonchev–Trinajstić information content (AvgIpc) is 2.97. The predicted octanol–water partition coefficient (Wildman–Crippen LogP) is 2.92. The van der Waals surface area contributed by atoms with Crippen molar-refractivity contribution in [1.82, 2.24) is 14.9 Å². The number of hydrogen-bond acceptors (Lipinski definition) is 3. The molecule has 0 atom stereocenters. The Morgan fingerprint density at radius 3 is 2.71 bits per heavy atom. The molecule has 0 saturated heterocycles. The zero-order chi connectivity index (χ0) is 16.8. The van der Waals surface area contributed by atoms with Crippen LogP contribution in [-0.4, -0.2) is 22.0 Å². The maximum absolute atomic E-state index is 12.1. The van der Waals surface area contributed by atoms with Crippen LogP contribution in [-0.2, 0) is 17.9 Å². The number of ether oxygens (including phenoxy) is 1. The molecule has 5 heteroatoms. The molecular weight excluding hydrogens is 302 g/mol. The minimum Gasteiger partial charge on any atom is -0.486 e. The van der Waals surface area contributed by atoms with E-state index in [4.69, 9.17) is 4.74 Å². The molecule has 1 amide bonds. The van der Waals surface area contributed by atoms with E-state index in [0.29, 0.717) is 19.0 Å². The van der Waals surface area contributed by atoms with Crippen LogP contribution >= 0.6 is 0 Å². The van der Waals surface area contributed by atoms with E-state index in [9.17, 15) is 4.79 Å². The number of nitrogens with one attached hydrogen (secondary N) is 1. The maximum Gasteiger partial charge on any atom is 0.240 e. The molecule has 3 rings (SSSR count). The molecule has 24 heavy (non-hydrogen) atoms. The molecule has 122 valence electrons. The molecule has 0 fully saturated rings. The van der Waals surface area contributed by atoms with E-state index in [1.807, 2.05) is 59.2 Å². The number of aromatic nitrogens is 2. The molecule has 0 saturated carbocycles. The largest absolute Gasteiger partial charge is 0.486 e. The van der Waals surface area contributed by atoms with Crippen LogP contribution in [0.15, 0.2) is 67.3 Å². The normalized spacial score (nSPS) is 10.5. The van der Waals surface area contributed by atoms with Crippen molar-refractivity contribution in [3.63, 3.8) is 0 Å². The van der Waals surface area contributed by atoms with Crippen molar-refractivity contribution in [2.75, 3.05) is 6.54 Å². The number of imidazole rings is 1. The molecule has 1 aromatic heterocycles. The summed E-state index contributed by atoms with van der Waals surface area (Å²) < 4.78 is 7.68. The first-order valence-corrected chi connectivity index (χ1v) is 7.77. The lowest BCUT2D eigenvalue weighted by Gasteiger charge is -2.10. The lowest BCUT2D eigenvalue weighted by molar-refractivity contribution is -0.121. The van der Waals surface area contributed by atoms with Crippen LogP contribution in [0.1, 0.15) is 5.82 Å². The van der Waals surface area contributed by atoms with E-state index in [2.05, 4.69) is 16.9 Å². The number of para-hydroxylation sites is 3. The number of carbonyl (C=O) groups is 1. The van der Waals surface area contributed by atoms with Crippen molar-refractivity contribution in [2.45, 2.75) is 13.2 Å². The molecule has 0 radical (unpaired) electrons. The van der Waals surface area contributed by atoms with Gasteiger partial charge in [-0.15, -0.1) is 6.58 Å². The quantitative estimate of drug-likeness (QED) is 0.681. The van der Waals surface area contributed by atoms with Crippen molar-refractivity contribution in [3.8, 4) is 5.75 Å². The lowest BCUT2D eigenvalue weighted by atomic mass is 10.3. The van der Waals surface area contributed by atoms with E-state index < -0.39 is 0 Å². The molecule has 2 aromatic carbocycles. The number of carbonyl (C=O) groups excluding carboxylic acids is 1. The zero-order valence-corrected chi connectivity index (χ0v) is 13.3. The maximum atomic E-state index is 12.1.